The highest BCUT2D eigenvalue weighted by Gasteiger charge is 2.26. The van der Waals surface area contributed by atoms with Crippen LogP contribution in [0.4, 0.5) is 0 Å². The SMILES string of the molecule is Cc1cc2nccc(C(=O)N(C)C3CCN(C)CC3)n2n1. The molecular formula is C15H21N5O. The average molecular weight is 287 g/mol. The number of likely N-dealkylation sites (tertiary alicyclic amines) is 1. The van der Waals surface area contributed by atoms with Crippen LogP contribution in [0.25, 0.3) is 5.65 Å². The second kappa shape index (κ2) is 5.44. The molecule has 1 fully saturated rings. The van der Waals surface area contributed by atoms with Crippen molar-refractivity contribution in [3.05, 3.63) is 29.7 Å². The quantitative estimate of drug-likeness (QED) is 0.833. The number of hydrogen-bond donors (Lipinski definition) is 0. The number of aromatic nitrogens is 3. The third kappa shape index (κ3) is 2.63. The molecule has 0 spiro atoms. The highest BCUT2D eigenvalue weighted by atomic mass is 16.2. The van der Waals surface area contributed by atoms with Gasteiger partial charge in [-0.05, 0) is 46.0 Å². The second-order valence-corrected chi connectivity index (χ2v) is 5.84. The lowest BCUT2D eigenvalue weighted by molar-refractivity contribution is 0.0650. The summed E-state index contributed by atoms with van der Waals surface area (Å²) in [5.41, 5.74) is 2.16. The molecule has 1 aliphatic rings. The first-order chi connectivity index (χ1) is 10.1. The van der Waals surface area contributed by atoms with Crippen molar-refractivity contribution in [2.45, 2.75) is 25.8 Å². The van der Waals surface area contributed by atoms with Crippen LogP contribution < -0.4 is 0 Å². The molecule has 0 saturated carbocycles. The fourth-order valence-electron chi connectivity index (χ4n) is 2.90. The van der Waals surface area contributed by atoms with Crippen molar-refractivity contribution in [1.29, 1.82) is 0 Å². The number of nitrogens with zero attached hydrogens (tertiary/aromatic N) is 5. The van der Waals surface area contributed by atoms with E-state index in [1.165, 1.54) is 0 Å². The summed E-state index contributed by atoms with van der Waals surface area (Å²) in [4.78, 5) is 21.2. The van der Waals surface area contributed by atoms with Crippen LogP contribution in [0.5, 0.6) is 0 Å². The number of aryl methyl sites for hydroxylation is 1. The highest BCUT2D eigenvalue weighted by Crippen LogP contribution is 2.17. The summed E-state index contributed by atoms with van der Waals surface area (Å²) < 4.78 is 1.64. The summed E-state index contributed by atoms with van der Waals surface area (Å²) in [6.45, 7) is 3.98. The van der Waals surface area contributed by atoms with E-state index in [0.717, 1.165) is 37.3 Å². The second-order valence-electron chi connectivity index (χ2n) is 5.84. The van der Waals surface area contributed by atoms with Crippen molar-refractivity contribution >= 4 is 11.6 Å². The van der Waals surface area contributed by atoms with E-state index in [1.807, 2.05) is 24.9 Å². The van der Waals surface area contributed by atoms with Crippen molar-refractivity contribution in [1.82, 2.24) is 24.4 Å². The molecule has 1 aliphatic heterocycles. The molecule has 3 heterocycles. The first-order valence-corrected chi connectivity index (χ1v) is 7.33. The molecule has 0 aromatic carbocycles. The van der Waals surface area contributed by atoms with Gasteiger partial charge in [-0.1, -0.05) is 0 Å². The van der Waals surface area contributed by atoms with E-state index in [1.54, 1.807) is 16.8 Å². The molecule has 1 saturated heterocycles. The molecule has 21 heavy (non-hydrogen) atoms. The van der Waals surface area contributed by atoms with Gasteiger partial charge in [0.25, 0.3) is 5.91 Å². The Morgan fingerprint density at radius 3 is 2.81 bits per heavy atom. The molecule has 0 N–H and O–H groups in total. The molecular weight excluding hydrogens is 266 g/mol. The molecule has 0 unspecified atom stereocenters. The Kier molecular flexibility index (Phi) is 3.63. The minimum absolute atomic E-state index is 0.0139. The zero-order valence-electron chi connectivity index (χ0n) is 12.8. The van der Waals surface area contributed by atoms with E-state index >= 15 is 0 Å². The van der Waals surface area contributed by atoms with Crippen molar-refractivity contribution in [3.8, 4) is 0 Å². The summed E-state index contributed by atoms with van der Waals surface area (Å²) in [5, 5.41) is 4.37. The van der Waals surface area contributed by atoms with Crippen LogP contribution in [-0.4, -0.2) is 63.5 Å². The van der Waals surface area contributed by atoms with Crippen LogP contribution in [0, 0.1) is 6.92 Å². The maximum Gasteiger partial charge on any atom is 0.272 e. The summed E-state index contributed by atoms with van der Waals surface area (Å²) in [6, 6.07) is 3.92. The number of hydrogen-bond acceptors (Lipinski definition) is 4. The van der Waals surface area contributed by atoms with E-state index in [-0.39, 0.29) is 5.91 Å². The first-order valence-electron chi connectivity index (χ1n) is 7.33. The Morgan fingerprint density at radius 2 is 2.10 bits per heavy atom. The van der Waals surface area contributed by atoms with E-state index in [0.29, 0.717) is 11.7 Å². The molecule has 6 heteroatoms. The van der Waals surface area contributed by atoms with E-state index in [2.05, 4.69) is 22.0 Å². The van der Waals surface area contributed by atoms with Crippen LogP contribution >= 0.6 is 0 Å². The van der Waals surface area contributed by atoms with Crippen molar-refractivity contribution < 1.29 is 4.79 Å². The van der Waals surface area contributed by atoms with Gasteiger partial charge in [0.2, 0.25) is 0 Å². The Morgan fingerprint density at radius 1 is 1.38 bits per heavy atom. The van der Waals surface area contributed by atoms with Crippen LogP contribution in [-0.2, 0) is 0 Å². The Balaban J connectivity index is 1.86. The van der Waals surface area contributed by atoms with Gasteiger partial charge < -0.3 is 9.80 Å². The molecule has 112 valence electrons. The molecule has 1 amide bonds. The number of fused-ring (bicyclic) bond motifs is 1. The van der Waals surface area contributed by atoms with Gasteiger partial charge >= 0.3 is 0 Å². The summed E-state index contributed by atoms with van der Waals surface area (Å²) >= 11 is 0. The first kappa shape index (κ1) is 14.0. The fourth-order valence-corrected chi connectivity index (χ4v) is 2.90. The van der Waals surface area contributed by atoms with Gasteiger partial charge in [-0.15, -0.1) is 0 Å². The number of piperidine rings is 1. The molecule has 6 nitrogen and oxygen atoms in total. The van der Waals surface area contributed by atoms with E-state index in [9.17, 15) is 4.79 Å². The largest absolute Gasteiger partial charge is 0.337 e. The van der Waals surface area contributed by atoms with Gasteiger partial charge in [-0.25, -0.2) is 9.50 Å². The maximum atomic E-state index is 12.8. The van der Waals surface area contributed by atoms with Gasteiger partial charge in [0.15, 0.2) is 5.65 Å². The smallest absolute Gasteiger partial charge is 0.272 e. The average Bonchev–Trinajstić information content (AvgIpc) is 2.86. The highest BCUT2D eigenvalue weighted by molar-refractivity contribution is 5.93. The summed E-state index contributed by atoms with van der Waals surface area (Å²) in [6.07, 6.45) is 3.71. The number of amides is 1. The lowest BCUT2D eigenvalue weighted by Gasteiger charge is -2.35. The van der Waals surface area contributed by atoms with Gasteiger partial charge in [0.05, 0.1) is 5.69 Å². The number of carbonyl (C=O) groups excluding carboxylic acids is 1. The zero-order chi connectivity index (χ0) is 15.0. The fraction of sp³-hybridized carbons (Fsp3) is 0.533. The third-order valence-corrected chi connectivity index (χ3v) is 4.26. The molecule has 2 aromatic rings. The molecule has 2 aromatic heterocycles. The van der Waals surface area contributed by atoms with Crippen LogP contribution in [0.2, 0.25) is 0 Å². The predicted molar refractivity (Wildman–Crippen MR) is 80.3 cm³/mol. The van der Waals surface area contributed by atoms with E-state index < -0.39 is 0 Å². The molecule has 0 bridgehead atoms. The lowest BCUT2D eigenvalue weighted by Crippen LogP contribution is -2.44. The van der Waals surface area contributed by atoms with Gasteiger partial charge in [-0.3, -0.25) is 4.79 Å². The zero-order valence-corrected chi connectivity index (χ0v) is 12.8. The number of rotatable bonds is 2. The molecule has 0 radical (unpaired) electrons. The normalized spacial score (nSPS) is 17.3. The van der Waals surface area contributed by atoms with E-state index in [4.69, 9.17) is 0 Å². The topological polar surface area (TPSA) is 53.7 Å². The standard InChI is InChI=1S/C15H21N5O/c1-11-10-14-16-7-4-13(20(14)17-11)15(21)19(3)12-5-8-18(2)9-6-12/h4,7,10,12H,5-6,8-9H2,1-3H3. The molecule has 0 atom stereocenters. The summed E-state index contributed by atoms with van der Waals surface area (Å²) in [5.74, 6) is 0.0139. The van der Waals surface area contributed by atoms with Crippen LogP contribution in [0.1, 0.15) is 29.0 Å². The summed E-state index contributed by atoms with van der Waals surface area (Å²) in [7, 11) is 4.01. The third-order valence-electron chi connectivity index (χ3n) is 4.26. The maximum absolute atomic E-state index is 12.8. The monoisotopic (exact) mass is 287 g/mol. The minimum atomic E-state index is 0.0139. The Labute approximate surface area is 124 Å². The van der Waals surface area contributed by atoms with Gasteiger partial charge in [0, 0.05) is 25.4 Å². The molecule has 0 aliphatic carbocycles. The Bertz CT molecular complexity index is 657. The van der Waals surface area contributed by atoms with Crippen molar-refractivity contribution in [3.63, 3.8) is 0 Å². The van der Waals surface area contributed by atoms with Crippen molar-refractivity contribution in [2.75, 3.05) is 27.2 Å². The van der Waals surface area contributed by atoms with Gasteiger partial charge in [0.1, 0.15) is 5.69 Å². The Hall–Kier alpha value is -1.95. The number of carbonyl (C=O) groups is 1. The van der Waals surface area contributed by atoms with Gasteiger partial charge in [-0.2, -0.15) is 5.10 Å². The molecule has 3 rings (SSSR count). The predicted octanol–water partition coefficient (Wildman–Crippen LogP) is 1.20. The lowest BCUT2D eigenvalue weighted by atomic mass is 10.0. The van der Waals surface area contributed by atoms with Crippen LogP contribution in [0.15, 0.2) is 18.3 Å². The van der Waals surface area contributed by atoms with Crippen molar-refractivity contribution in [2.24, 2.45) is 0 Å². The minimum Gasteiger partial charge on any atom is -0.337 e. The van der Waals surface area contributed by atoms with Crippen LogP contribution in [0.3, 0.4) is 0 Å².